The van der Waals surface area contributed by atoms with Crippen LogP contribution in [0.5, 0.6) is 0 Å². The summed E-state index contributed by atoms with van der Waals surface area (Å²) >= 11 is 0. The van der Waals surface area contributed by atoms with E-state index in [4.69, 9.17) is 4.99 Å². The highest BCUT2D eigenvalue weighted by Crippen LogP contribution is 2.35. The number of benzene rings is 5. The van der Waals surface area contributed by atoms with Crippen molar-refractivity contribution in [2.45, 2.75) is 31.7 Å². The molecule has 2 aliphatic rings. The van der Waals surface area contributed by atoms with Crippen molar-refractivity contribution in [1.29, 1.82) is 0 Å². The van der Waals surface area contributed by atoms with Crippen molar-refractivity contribution < 1.29 is 0 Å². The normalized spacial score (nSPS) is 19.2. The van der Waals surface area contributed by atoms with Crippen LogP contribution in [0, 0.1) is 17.8 Å². The number of allylic oxidation sites excluding steroid dienone is 4. The van der Waals surface area contributed by atoms with Gasteiger partial charge in [0, 0.05) is 17.4 Å². The molecule has 1 aliphatic heterocycles. The maximum absolute atomic E-state index is 5.12. The van der Waals surface area contributed by atoms with Gasteiger partial charge in [0.05, 0.1) is 17.7 Å². The largest absolute Gasteiger partial charge is 0.359 e. The number of nitrogens with one attached hydrogen (secondary N) is 1. The highest BCUT2D eigenvalue weighted by Gasteiger charge is 2.25. The van der Waals surface area contributed by atoms with E-state index >= 15 is 0 Å². The molecule has 2 nitrogen and oxygen atoms in total. The van der Waals surface area contributed by atoms with Gasteiger partial charge in [-0.2, -0.15) is 0 Å². The Morgan fingerprint density at radius 2 is 1.40 bits per heavy atom. The molecule has 0 spiro atoms. The van der Waals surface area contributed by atoms with Crippen molar-refractivity contribution in [3.8, 4) is 23.0 Å². The van der Waals surface area contributed by atoms with E-state index in [0.29, 0.717) is 0 Å². The number of nitrogens with zero attached hydrogens (tertiary/aromatic N) is 1. The number of rotatable bonds is 6. The van der Waals surface area contributed by atoms with E-state index < -0.39 is 0 Å². The van der Waals surface area contributed by atoms with Crippen molar-refractivity contribution in [2.24, 2.45) is 10.9 Å². The lowest BCUT2D eigenvalue weighted by Gasteiger charge is -2.28. The summed E-state index contributed by atoms with van der Waals surface area (Å²) in [6, 6.07) is 43.6. The van der Waals surface area contributed by atoms with Gasteiger partial charge in [0.25, 0.3) is 0 Å². The number of amidine groups is 1. The van der Waals surface area contributed by atoms with Crippen LogP contribution < -0.4 is 5.32 Å². The van der Waals surface area contributed by atoms with Crippen LogP contribution in [0.1, 0.15) is 48.6 Å². The Labute approximate surface area is 266 Å². The predicted octanol–water partition coefficient (Wildman–Crippen LogP) is 9.94. The monoisotopic (exact) mass is 580 g/mol. The van der Waals surface area contributed by atoms with E-state index in [-0.39, 0.29) is 17.4 Å². The molecule has 7 rings (SSSR count). The molecule has 1 aliphatic carbocycles. The lowest BCUT2D eigenvalue weighted by molar-refractivity contribution is 0.641. The smallest absolute Gasteiger partial charge is 0.134 e. The first-order valence-electron chi connectivity index (χ1n) is 15.7. The summed E-state index contributed by atoms with van der Waals surface area (Å²) in [5.74, 6) is 7.52. The van der Waals surface area contributed by atoms with Crippen molar-refractivity contribution in [2.75, 3.05) is 0 Å². The highest BCUT2D eigenvalue weighted by atomic mass is 15.0. The molecule has 2 unspecified atom stereocenters. The Hall–Kier alpha value is -5.39. The van der Waals surface area contributed by atoms with E-state index in [9.17, 15) is 0 Å². The first kappa shape index (κ1) is 28.4. The Balaban J connectivity index is 1.17. The minimum atomic E-state index is -0.165. The number of aliphatic imine (C=N–C) groups is 1. The van der Waals surface area contributed by atoms with Crippen LogP contribution in [0.15, 0.2) is 162 Å². The zero-order chi connectivity index (χ0) is 30.6. The molecular weight excluding hydrogens is 544 g/mol. The van der Waals surface area contributed by atoms with E-state index in [1.54, 1.807) is 0 Å². The van der Waals surface area contributed by atoms with Crippen molar-refractivity contribution in [1.82, 2.24) is 5.32 Å². The molecule has 0 radical (unpaired) electrons. The molecule has 0 amide bonds. The van der Waals surface area contributed by atoms with Crippen LogP contribution in [-0.2, 0) is 5.41 Å². The maximum Gasteiger partial charge on any atom is 0.134 e. The van der Waals surface area contributed by atoms with Gasteiger partial charge in [0.2, 0.25) is 0 Å². The predicted molar refractivity (Wildman–Crippen MR) is 189 cm³/mol. The standard InChI is InChI=1S/C43H36N2/c1-43(2,36-26-22-32(23-27-36)39-21-13-19-31-14-11-12-20-38(31)39)37-28-24-35(25-29-37)42-44-40(33-15-7-4-3-5-8-16-33)30-41(45-42)34-17-9-6-10-18-34/h3-4,6-7,9-15,17-30,33,41H,5H2,1-2H3,(H,44,45)/b4-3-,15-7-. The van der Waals surface area contributed by atoms with Crippen molar-refractivity contribution in [3.05, 3.63) is 180 Å². The molecule has 0 bridgehead atoms. The summed E-state index contributed by atoms with van der Waals surface area (Å²) in [6.45, 7) is 4.59. The van der Waals surface area contributed by atoms with Gasteiger partial charge < -0.3 is 5.32 Å². The topological polar surface area (TPSA) is 24.4 Å². The maximum atomic E-state index is 5.12. The summed E-state index contributed by atoms with van der Waals surface area (Å²) in [6.07, 6.45) is 11.3. The molecule has 0 aromatic heterocycles. The Kier molecular flexibility index (Phi) is 7.76. The minimum Gasteiger partial charge on any atom is -0.359 e. The molecule has 1 heterocycles. The molecule has 45 heavy (non-hydrogen) atoms. The fourth-order valence-electron chi connectivity index (χ4n) is 6.24. The second-order valence-corrected chi connectivity index (χ2v) is 12.2. The third kappa shape index (κ3) is 5.91. The SMILES string of the molecule is CC(C)(c1ccc(C2=NC(C3C#CC/C=C\C=C/3)=CC(c3ccccc3)N2)cc1)c1ccc(-c2cccc3ccccc23)cc1. The summed E-state index contributed by atoms with van der Waals surface area (Å²) in [4.78, 5) is 5.12. The molecule has 1 N–H and O–H groups in total. The average molecular weight is 581 g/mol. The van der Waals surface area contributed by atoms with Crippen LogP contribution in [0.2, 0.25) is 0 Å². The van der Waals surface area contributed by atoms with Crippen LogP contribution in [0.25, 0.3) is 21.9 Å². The van der Waals surface area contributed by atoms with E-state index in [1.165, 1.54) is 38.6 Å². The molecule has 5 aromatic rings. The van der Waals surface area contributed by atoms with Crippen LogP contribution in [0.4, 0.5) is 0 Å². The minimum absolute atomic E-state index is 0.0150. The Bertz CT molecular complexity index is 2010. The van der Waals surface area contributed by atoms with Gasteiger partial charge in [-0.05, 0) is 44.7 Å². The van der Waals surface area contributed by atoms with Crippen molar-refractivity contribution >= 4 is 16.6 Å². The molecule has 5 aromatic carbocycles. The Morgan fingerprint density at radius 3 is 2.18 bits per heavy atom. The van der Waals surface area contributed by atoms with E-state index in [1.807, 2.05) is 0 Å². The van der Waals surface area contributed by atoms with Crippen LogP contribution >= 0.6 is 0 Å². The van der Waals surface area contributed by atoms with E-state index in [2.05, 4.69) is 183 Å². The van der Waals surface area contributed by atoms with Gasteiger partial charge in [0.1, 0.15) is 5.84 Å². The molecule has 218 valence electrons. The number of hydrogen-bond acceptors (Lipinski definition) is 2. The summed E-state index contributed by atoms with van der Waals surface area (Å²) in [5.41, 5.74) is 8.13. The summed E-state index contributed by atoms with van der Waals surface area (Å²) in [7, 11) is 0. The Morgan fingerprint density at radius 1 is 0.711 bits per heavy atom. The number of hydrogen-bond donors (Lipinski definition) is 1. The third-order valence-electron chi connectivity index (χ3n) is 8.96. The quantitative estimate of drug-likeness (QED) is 0.199. The molecule has 2 heteroatoms. The van der Waals surface area contributed by atoms with Crippen molar-refractivity contribution in [3.63, 3.8) is 0 Å². The molecular formula is C43H36N2. The highest BCUT2D eigenvalue weighted by molar-refractivity contribution is 6.00. The fraction of sp³-hybridized carbons (Fsp3) is 0.140. The third-order valence-corrected chi connectivity index (χ3v) is 8.96. The lowest BCUT2D eigenvalue weighted by Crippen LogP contribution is -2.32. The molecule has 2 atom stereocenters. The fourth-order valence-corrected chi connectivity index (χ4v) is 6.24. The van der Waals surface area contributed by atoms with Gasteiger partial charge in [-0.15, -0.1) is 0 Å². The van der Waals surface area contributed by atoms with Crippen LogP contribution in [-0.4, -0.2) is 5.84 Å². The zero-order valence-corrected chi connectivity index (χ0v) is 25.7. The van der Waals surface area contributed by atoms with Crippen LogP contribution in [0.3, 0.4) is 0 Å². The molecule has 0 saturated carbocycles. The van der Waals surface area contributed by atoms with Gasteiger partial charge in [-0.1, -0.05) is 171 Å². The number of fused-ring (bicyclic) bond motifs is 1. The van der Waals surface area contributed by atoms with Gasteiger partial charge in [-0.25, -0.2) is 4.99 Å². The second kappa shape index (κ2) is 12.3. The molecule has 0 fully saturated rings. The zero-order valence-electron chi connectivity index (χ0n) is 25.7. The summed E-state index contributed by atoms with van der Waals surface area (Å²) < 4.78 is 0. The van der Waals surface area contributed by atoms with E-state index in [0.717, 1.165) is 23.5 Å². The first-order chi connectivity index (χ1) is 22.1. The molecule has 0 saturated heterocycles. The average Bonchev–Trinajstić information content (AvgIpc) is 3.08. The first-order valence-corrected chi connectivity index (χ1v) is 15.7. The van der Waals surface area contributed by atoms with Gasteiger partial charge in [-0.3, -0.25) is 0 Å². The van der Waals surface area contributed by atoms with Gasteiger partial charge in [0.15, 0.2) is 0 Å². The second-order valence-electron chi connectivity index (χ2n) is 12.2. The lowest BCUT2D eigenvalue weighted by atomic mass is 9.77. The van der Waals surface area contributed by atoms with Gasteiger partial charge >= 0.3 is 0 Å². The summed E-state index contributed by atoms with van der Waals surface area (Å²) in [5, 5.41) is 6.24.